The minimum absolute atomic E-state index is 0.0412. The van der Waals surface area contributed by atoms with Crippen LogP contribution in [0.5, 0.6) is 5.75 Å². The molecule has 19 heteroatoms. The molecule has 16 nitrogen and oxygen atoms in total. The van der Waals surface area contributed by atoms with Gasteiger partial charge in [-0.05, 0) is 70.1 Å². The Morgan fingerprint density at radius 3 is 2.24 bits per heavy atom. The summed E-state index contributed by atoms with van der Waals surface area (Å²) in [6.45, 7) is 4.18. The third-order valence-corrected chi connectivity index (χ3v) is 14.2. The molecular weight excluding hydrogens is 882 g/mol. The summed E-state index contributed by atoms with van der Waals surface area (Å²) in [6, 6.07) is 20.7. The normalized spacial score (nSPS) is 23.6. The average Bonchev–Trinajstić information content (AvgIpc) is 3.67. The van der Waals surface area contributed by atoms with Crippen LogP contribution >= 0.6 is 7.82 Å². The first-order chi connectivity index (χ1) is 31.7. The van der Waals surface area contributed by atoms with Crippen molar-refractivity contribution in [2.75, 3.05) is 13.3 Å². The van der Waals surface area contributed by atoms with E-state index in [2.05, 4.69) is 10.5 Å². The van der Waals surface area contributed by atoms with Gasteiger partial charge in [0, 0.05) is 43.4 Å². The first-order valence-electron chi connectivity index (χ1n) is 21.8. The van der Waals surface area contributed by atoms with Gasteiger partial charge in [0.25, 0.3) is 11.8 Å². The van der Waals surface area contributed by atoms with Crippen LogP contribution in [-0.4, -0.2) is 70.3 Å². The van der Waals surface area contributed by atoms with E-state index in [1.165, 1.54) is 16.8 Å². The highest BCUT2D eigenvalue weighted by Gasteiger charge is 2.61. The zero-order chi connectivity index (χ0) is 46.6. The second-order valence-corrected chi connectivity index (χ2v) is 18.8. The maximum atomic E-state index is 14.6. The van der Waals surface area contributed by atoms with Gasteiger partial charge in [0.15, 0.2) is 11.3 Å². The molecule has 4 aliphatic rings. The van der Waals surface area contributed by atoms with E-state index in [1.54, 1.807) is 29.2 Å². The number of halogens is 2. The van der Waals surface area contributed by atoms with Crippen LogP contribution in [0.3, 0.4) is 0 Å². The lowest BCUT2D eigenvalue weighted by molar-refractivity contribution is -0.110. The van der Waals surface area contributed by atoms with Gasteiger partial charge in [-0.1, -0.05) is 78.3 Å². The smallest absolute Gasteiger partial charge is 0.451 e. The fraction of sp³-hybridized carbons (Fsp3) is 0.426. The maximum Gasteiger partial charge on any atom is 0.511 e. The number of nitrogens with one attached hydrogen (secondary N) is 1. The molecule has 2 bridgehead atoms. The Labute approximate surface area is 379 Å². The van der Waals surface area contributed by atoms with Gasteiger partial charge in [0.05, 0.1) is 18.9 Å². The van der Waals surface area contributed by atoms with E-state index in [0.29, 0.717) is 56.7 Å². The summed E-state index contributed by atoms with van der Waals surface area (Å²) >= 11 is 0. The lowest BCUT2D eigenvalue weighted by Gasteiger charge is -2.50. The molecule has 8 rings (SSSR count). The summed E-state index contributed by atoms with van der Waals surface area (Å²) in [5.41, 5.74) is -1.70. The number of phosphoric acid groups is 1. The van der Waals surface area contributed by atoms with Crippen LogP contribution in [0.25, 0.3) is 0 Å². The van der Waals surface area contributed by atoms with E-state index in [4.69, 9.17) is 32.6 Å². The molecule has 0 unspecified atom stereocenters. The van der Waals surface area contributed by atoms with Gasteiger partial charge < -0.3 is 33.8 Å². The summed E-state index contributed by atoms with van der Waals surface area (Å²) in [6.07, 6.45) is 1.53. The highest BCUT2D eigenvalue weighted by molar-refractivity contribution is 7.48. The number of benzene rings is 3. The quantitative estimate of drug-likeness (QED) is 0.0685. The minimum Gasteiger partial charge on any atom is -0.451 e. The summed E-state index contributed by atoms with van der Waals surface area (Å²) in [7, 11) is -4.27. The largest absolute Gasteiger partial charge is 0.511 e. The number of carbonyl (C=O) groups excluding carboxylic acids is 3. The Bertz CT molecular complexity index is 2550. The monoisotopic (exact) mass is 932 g/mol. The van der Waals surface area contributed by atoms with Crippen molar-refractivity contribution in [1.29, 1.82) is 0 Å². The zero-order valence-corrected chi connectivity index (χ0v) is 37.6. The summed E-state index contributed by atoms with van der Waals surface area (Å²) in [5.74, 6) is -3.81. The lowest BCUT2D eigenvalue weighted by Crippen LogP contribution is -2.63. The van der Waals surface area contributed by atoms with E-state index >= 15 is 0 Å². The number of carbonyl (C=O) groups is 3. The third-order valence-electron chi connectivity index (χ3n) is 12.7. The third kappa shape index (κ3) is 9.78. The molecule has 66 heavy (non-hydrogen) atoms. The molecule has 0 radical (unpaired) electrons. The molecule has 5 atom stereocenters. The van der Waals surface area contributed by atoms with Crippen molar-refractivity contribution in [3.05, 3.63) is 135 Å². The Morgan fingerprint density at radius 2 is 1.61 bits per heavy atom. The molecule has 350 valence electrons. The van der Waals surface area contributed by atoms with Crippen molar-refractivity contribution in [2.45, 2.75) is 115 Å². The first-order valence-corrected chi connectivity index (χ1v) is 23.3. The fourth-order valence-electron chi connectivity index (χ4n) is 9.01. The molecule has 1 aromatic heterocycles. The second-order valence-electron chi connectivity index (χ2n) is 17.2. The van der Waals surface area contributed by atoms with E-state index < -0.39 is 90.9 Å². The van der Waals surface area contributed by atoms with Crippen LogP contribution < -0.4 is 15.5 Å². The Hall–Kier alpha value is -5.94. The molecular formula is C47H51F2N4O12P. The van der Waals surface area contributed by atoms with Crippen molar-refractivity contribution in [3.8, 4) is 5.75 Å². The Morgan fingerprint density at radius 1 is 0.939 bits per heavy atom. The van der Waals surface area contributed by atoms with E-state index in [1.807, 2.05) is 57.2 Å². The predicted molar refractivity (Wildman–Crippen MR) is 233 cm³/mol. The SMILES string of the molecule is CC1=NO[C@@]2(CC[C@H](C)N3C[C@@]2(C)n2cc(C(=O)NCc4ccc(F)cc4F)c(=O)c(OCOC(=O)O[C@H]4CCCC[C@@H]4OP(=O)(OCc4ccccc4)OCc4ccccc4)c2C3=O)C1. The molecule has 3 aromatic carbocycles. The van der Waals surface area contributed by atoms with Gasteiger partial charge in [-0.15, -0.1) is 0 Å². The van der Waals surface area contributed by atoms with E-state index in [-0.39, 0.29) is 37.1 Å². The molecule has 2 amide bonds. The number of amides is 2. The van der Waals surface area contributed by atoms with Crippen LogP contribution in [0.15, 0.2) is 95.0 Å². The number of ether oxygens (including phenoxy) is 3. The zero-order valence-electron chi connectivity index (χ0n) is 36.7. The van der Waals surface area contributed by atoms with Crippen molar-refractivity contribution >= 4 is 31.5 Å². The number of hydrogen-bond acceptors (Lipinski definition) is 13. The molecule has 1 N–H and O–H groups in total. The predicted octanol–water partition coefficient (Wildman–Crippen LogP) is 8.30. The van der Waals surface area contributed by atoms with Gasteiger partial charge in [-0.2, -0.15) is 0 Å². The van der Waals surface area contributed by atoms with Crippen molar-refractivity contribution < 1.29 is 60.3 Å². The topological polar surface area (TPSA) is 183 Å². The van der Waals surface area contributed by atoms with E-state index in [0.717, 1.165) is 17.2 Å². The van der Waals surface area contributed by atoms with Gasteiger partial charge in [-0.3, -0.25) is 28.0 Å². The van der Waals surface area contributed by atoms with Crippen molar-refractivity contribution in [2.24, 2.45) is 5.16 Å². The minimum atomic E-state index is -4.27. The number of oxime groups is 1. The molecule has 3 aliphatic heterocycles. The molecule has 4 aromatic rings. The standard InChI is InChI=1S/C47H51F2N4O12P/c1-30-23-47(65-51-30)21-20-31(2)52-28-46(47,3)53-25-36(43(55)50-24-34-18-19-35(48)22-37(34)49)41(54)42(40(53)44(52)56)59-29-60-45(57)63-38-16-10-11-17-39(38)64-66(58,61-26-32-12-6-4-7-13-32)62-27-33-14-8-5-9-15-33/h4-9,12-15,18-19,22,25,31,38-39H,10-11,16-17,20-21,23-24,26-29H2,1-3H3,(H,50,55)/t31-,38-,39-,46+,47-/m0/s1. The second kappa shape index (κ2) is 19.5. The summed E-state index contributed by atoms with van der Waals surface area (Å²) in [5, 5.41) is 6.79. The van der Waals surface area contributed by atoms with Gasteiger partial charge in [-0.25, -0.2) is 18.1 Å². The number of phosphoric ester groups is 1. The lowest BCUT2D eigenvalue weighted by atomic mass is 9.74. The molecule has 1 saturated carbocycles. The van der Waals surface area contributed by atoms with Gasteiger partial charge in [0.1, 0.15) is 34.9 Å². The molecule has 1 spiro atoms. The van der Waals surface area contributed by atoms with Crippen LogP contribution in [0.1, 0.15) is 103 Å². The first kappa shape index (κ1) is 46.6. The van der Waals surface area contributed by atoms with Crippen LogP contribution in [-0.2, 0) is 57.7 Å². The highest BCUT2D eigenvalue weighted by Crippen LogP contribution is 2.54. The average molecular weight is 933 g/mol. The summed E-state index contributed by atoms with van der Waals surface area (Å²) < 4.78 is 78.6. The molecule has 1 saturated heterocycles. The molecule has 1 aliphatic carbocycles. The maximum absolute atomic E-state index is 14.6. The van der Waals surface area contributed by atoms with Gasteiger partial charge in [0.2, 0.25) is 18.0 Å². The number of rotatable bonds is 15. The van der Waals surface area contributed by atoms with Crippen LogP contribution in [0.4, 0.5) is 13.6 Å². The van der Waals surface area contributed by atoms with Crippen LogP contribution in [0, 0.1) is 11.6 Å². The number of aromatic nitrogens is 1. The number of fused-ring (bicyclic) bond motifs is 5. The Balaban J connectivity index is 1.03. The molecule has 2 fully saturated rings. The van der Waals surface area contributed by atoms with Crippen molar-refractivity contribution in [3.63, 3.8) is 0 Å². The van der Waals surface area contributed by atoms with E-state index in [9.17, 15) is 32.5 Å². The fourth-order valence-corrected chi connectivity index (χ4v) is 10.4. The highest BCUT2D eigenvalue weighted by atomic mass is 31.2. The molecule has 4 heterocycles. The summed E-state index contributed by atoms with van der Waals surface area (Å²) in [4.78, 5) is 63.9. The Kier molecular flexibility index (Phi) is 13.8. The van der Waals surface area contributed by atoms with Crippen LogP contribution in [0.2, 0.25) is 0 Å². The van der Waals surface area contributed by atoms with Gasteiger partial charge >= 0.3 is 14.0 Å². The number of pyridine rings is 1. The number of hydrogen-bond donors (Lipinski definition) is 1. The van der Waals surface area contributed by atoms with Crippen molar-refractivity contribution in [1.82, 2.24) is 14.8 Å². The number of nitrogens with zero attached hydrogens (tertiary/aromatic N) is 3.